The number of rotatable bonds is 4. The number of benzene rings is 2. The van der Waals surface area contributed by atoms with Crippen molar-refractivity contribution in [2.45, 2.75) is 26.4 Å². The lowest BCUT2D eigenvalue weighted by Gasteiger charge is -2.31. The van der Waals surface area contributed by atoms with Crippen molar-refractivity contribution in [2.75, 3.05) is 13.8 Å². The Labute approximate surface area is 156 Å². The summed E-state index contributed by atoms with van der Waals surface area (Å²) >= 11 is 0. The standard InChI is InChI=1S/C21H21NO5/c1-13(2)22-10-17-18(26-12-22)9-8-16-20(23)19(11-25-21(16)17)27-15-6-4-14(24-3)5-7-15/h4-9,11,13H,10,12H2,1-3H3. The summed E-state index contributed by atoms with van der Waals surface area (Å²) in [5.74, 6) is 2.15. The Hall–Kier alpha value is -2.99. The maximum absolute atomic E-state index is 12.9. The van der Waals surface area contributed by atoms with Crippen LogP contribution in [0.1, 0.15) is 19.4 Å². The molecule has 1 aliphatic heterocycles. The molecule has 0 aliphatic carbocycles. The van der Waals surface area contributed by atoms with E-state index >= 15 is 0 Å². The summed E-state index contributed by atoms with van der Waals surface area (Å²) in [6, 6.07) is 10.9. The third kappa shape index (κ3) is 3.24. The van der Waals surface area contributed by atoms with Crippen molar-refractivity contribution in [3.8, 4) is 23.0 Å². The van der Waals surface area contributed by atoms with E-state index in [2.05, 4.69) is 18.7 Å². The summed E-state index contributed by atoms with van der Waals surface area (Å²) in [5, 5.41) is 0.481. The Kier molecular flexibility index (Phi) is 4.49. The normalized spacial score (nSPS) is 14.1. The van der Waals surface area contributed by atoms with Crippen LogP contribution in [0.3, 0.4) is 0 Å². The molecule has 0 fully saturated rings. The molecule has 140 valence electrons. The summed E-state index contributed by atoms with van der Waals surface area (Å²) in [6.07, 6.45) is 1.36. The second-order valence-electron chi connectivity index (χ2n) is 6.74. The number of ether oxygens (including phenoxy) is 3. The number of hydrogen-bond acceptors (Lipinski definition) is 6. The van der Waals surface area contributed by atoms with Gasteiger partial charge in [0.25, 0.3) is 0 Å². The molecule has 27 heavy (non-hydrogen) atoms. The highest BCUT2D eigenvalue weighted by Gasteiger charge is 2.24. The van der Waals surface area contributed by atoms with E-state index in [-0.39, 0.29) is 11.2 Å². The molecule has 0 radical (unpaired) electrons. The van der Waals surface area contributed by atoms with Gasteiger partial charge in [-0.05, 0) is 50.2 Å². The van der Waals surface area contributed by atoms with Gasteiger partial charge in [0.05, 0.1) is 18.1 Å². The van der Waals surface area contributed by atoms with Gasteiger partial charge in [-0.3, -0.25) is 9.69 Å². The molecule has 6 nitrogen and oxygen atoms in total. The molecule has 0 saturated heterocycles. The summed E-state index contributed by atoms with van der Waals surface area (Å²) in [7, 11) is 1.60. The monoisotopic (exact) mass is 367 g/mol. The van der Waals surface area contributed by atoms with Gasteiger partial charge in [0.2, 0.25) is 11.2 Å². The second kappa shape index (κ2) is 6.96. The van der Waals surface area contributed by atoms with Crippen molar-refractivity contribution >= 4 is 11.0 Å². The van der Waals surface area contributed by atoms with Gasteiger partial charge in [0.15, 0.2) is 0 Å². The van der Waals surface area contributed by atoms with Crippen molar-refractivity contribution in [2.24, 2.45) is 0 Å². The van der Waals surface area contributed by atoms with Crippen molar-refractivity contribution in [1.82, 2.24) is 4.90 Å². The Morgan fingerprint density at radius 2 is 1.81 bits per heavy atom. The summed E-state index contributed by atoms with van der Waals surface area (Å²) in [6.45, 7) is 5.41. The van der Waals surface area contributed by atoms with Crippen LogP contribution in [-0.4, -0.2) is 24.8 Å². The van der Waals surface area contributed by atoms with Crippen LogP contribution in [0, 0.1) is 0 Å². The lowest BCUT2D eigenvalue weighted by Crippen LogP contribution is -2.37. The highest BCUT2D eigenvalue weighted by atomic mass is 16.5. The first-order valence-electron chi connectivity index (χ1n) is 8.83. The topological polar surface area (TPSA) is 61.1 Å². The van der Waals surface area contributed by atoms with E-state index in [1.54, 1.807) is 37.4 Å². The molecule has 2 aromatic carbocycles. The van der Waals surface area contributed by atoms with Crippen LogP contribution in [-0.2, 0) is 6.54 Å². The van der Waals surface area contributed by atoms with Crippen molar-refractivity contribution in [3.05, 3.63) is 58.4 Å². The molecule has 1 aliphatic rings. The quantitative estimate of drug-likeness (QED) is 0.690. The van der Waals surface area contributed by atoms with E-state index in [9.17, 15) is 4.79 Å². The van der Waals surface area contributed by atoms with Gasteiger partial charge in [-0.25, -0.2) is 0 Å². The maximum atomic E-state index is 12.9. The van der Waals surface area contributed by atoms with E-state index in [0.29, 0.717) is 41.8 Å². The SMILES string of the molecule is COc1ccc(Oc2coc3c4c(ccc3c2=O)OCN(C(C)C)C4)cc1. The number of hydrogen-bond donors (Lipinski definition) is 0. The fraction of sp³-hybridized carbons (Fsp3) is 0.286. The summed E-state index contributed by atoms with van der Waals surface area (Å²) < 4.78 is 22.5. The predicted molar refractivity (Wildman–Crippen MR) is 102 cm³/mol. The van der Waals surface area contributed by atoms with Gasteiger partial charge in [0, 0.05) is 12.6 Å². The number of fused-ring (bicyclic) bond motifs is 3. The van der Waals surface area contributed by atoms with Crippen LogP contribution in [0.25, 0.3) is 11.0 Å². The average Bonchev–Trinajstić information content (AvgIpc) is 2.70. The lowest BCUT2D eigenvalue weighted by molar-refractivity contribution is 0.0689. The lowest BCUT2D eigenvalue weighted by atomic mass is 10.1. The van der Waals surface area contributed by atoms with Crippen LogP contribution >= 0.6 is 0 Å². The molecule has 3 aromatic rings. The van der Waals surface area contributed by atoms with Crippen LogP contribution in [0.2, 0.25) is 0 Å². The van der Waals surface area contributed by atoms with Gasteiger partial charge in [-0.2, -0.15) is 0 Å². The first-order valence-corrected chi connectivity index (χ1v) is 8.83. The minimum absolute atomic E-state index is 0.144. The van der Waals surface area contributed by atoms with E-state index in [4.69, 9.17) is 18.6 Å². The first kappa shape index (κ1) is 17.4. The highest BCUT2D eigenvalue weighted by molar-refractivity contribution is 5.83. The third-order valence-corrected chi connectivity index (χ3v) is 4.73. The van der Waals surface area contributed by atoms with Crippen molar-refractivity contribution in [1.29, 1.82) is 0 Å². The number of methoxy groups -OCH3 is 1. The molecular formula is C21H21NO5. The molecule has 0 N–H and O–H groups in total. The molecule has 4 rings (SSSR count). The molecule has 0 saturated carbocycles. The van der Waals surface area contributed by atoms with Gasteiger partial charge in [-0.1, -0.05) is 0 Å². The molecule has 0 spiro atoms. The minimum atomic E-state index is -0.212. The van der Waals surface area contributed by atoms with E-state index < -0.39 is 0 Å². The minimum Gasteiger partial charge on any atom is -0.497 e. The maximum Gasteiger partial charge on any atom is 0.235 e. The first-order chi connectivity index (χ1) is 13.1. The Morgan fingerprint density at radius 3 is 2.52 bits per heavy atom. The van der Waals surface area contributed by atoms with E-state index in [0.717, 1.165) is 11.3 Å². The fourth-order valence-electron chi connectivity index (χ4n) is 3.08. The zero-order valence-corrected chi connectivity index (χ0v) is 15.5. The Morgan fingerprint density at radius 1 is 1.07 bits per heavy atom. The molecule has 0 bridgehead atoms. The van der Waals surface area contributed by atoms with E-state index in [1.807, 2.05) is 6.07 Å². The predicted octanol–water partition coefficient (Wildman–Crippen LogP) is 4.15. The van der Waals surface area contributed by atoms with Gasteiger partial charge in [0.1, 0.15) is 35.8 Å². The molecule has 0 amide bonds. The molecule has 6 heteroatoms. The van der Waals surface area contributed by atoms with Crippen LogP contribution in [0.4, 0.5) is 0 Å². The smallest absolute Gasteiger partial charge is 0.235 e. The van der Waals surface area contributed by atoms with Gasteiger partial charge < -0.3 is 18.6 Å². The van der Waals surface area contributed by atoms with E-state index in [1.165, 1.54) is 6.26 Å². The fourth-order valence-corrected chi connectivity index (χ4v) is 3.08. The van der Waals surface area contributed by atoms with Crippen LogP contribution in [0.5, 0.6) is 23.0 Å². The number of nitrogens with zero attached hydrogens (tertiary/aromatic N) is 1. The average molecular weight is 367 g/mol. The highest BCUT2D eigenvalue weighted by Crippen LogP contribution is 2.33. The molecule has 0 unspecified atom stereocenters. The van der Waals surface area contributed by atoms with Gasteiger partial charge >= 0.3 is 0 Å². The van der Waals surface area contributed by atoms with Gasteiger partial charge in [-0.15, -0.1) is 0 Å². The zero-order chi connectivity index (χ0) is 19.0. The molecule has 2 heterocycles. The van der Waals surface area contributed by atoms with Crippen LogP contribution < -0.4 is 19.6 Å². The van der Waals surface area contributed by atoms with Crippen LogP contribution in [0.15, 0.2) is 51.9 Å². The Balaban J connectivity index is 1.71. The third-order valence-electron chi connectivity index (χ3n) is 4.73. The zero-order valence-electron chi connectivity index (χ0n) is 15.5. The van der Waals surface area contributed by atoms with Crippen molar-refractivity contribution < 1.29 is 18.6 Å². The Bertz CT molecular complexity index is 1020. The largest absolute Gasteiger partial charge is 0.497 e. The second-order valence-corrected chi connectivity index (χ2v) is 6.74. The van der Waals surface area contributed by atoms with Crippen molar-refractivity contribution in [3.63, 3.8) is 0 Å². The molecule has 0 atom stereocenters. The summed E-state index contributed by atoms with van der Waals surface area (Å²) in [5.41, 5.74) is 1.22. The molecular weight excluding hydrogens is 346 g/mol. The summed E-state index contributed by atoms with van der Waals surface area (Å²) in [4.78, 5) is 15.1. The molecule has 1 aromatic heterocycles.